The fraction of sp³-hybridized carbons (Fsp3) is 0.500. The topological polar surface area (TPSA) is 76.2 Å². The lowest BCUT2D eigenvalue weighted by Gasteiger charge is -2.27. The summed E-state index contributed by atoms with van der Waals surface area (Å²) in [5, 5.41) is 8.91. The highest BCUT2D eigenvalue weighted by Crippen LogP contribution is 2.30. The molecule has 0 unspecified atom stereocenters. The van der Waals surface area contributed by atoms with Crippen LogP contribution in [0.5, 0.6) is 0 Å². The number of aromatic nitrogens is 1. The summed E-state index contributed by atoms with van der Waals surface area (Å²) in [7, 11) is 0. The van der Waals surface area contributed by atoms with E-state index in [9.17, 15) is 4.79 Å². The highest BCUT2D eigenvalue weighted by atomic mass is 32.2. The van der Waals surface area contributed by atoms with Crippen molar-refractivity contribution in [2.45, 2.75) is 37.3 Å². The summed E-state index contributed by atoms with van der Waals surface area (Å²) >= 11 is 1.53. The monoisotopic (exact) mass is 254 g/mol. The third-order valence-corrected chi connectivity index (χ3v) is 4.03. The second-order valence-corrected chi connectivity index (χ2v) is 6.21. The summed E-state index contributed by atoms with van der Waals surface area (Å²) in [4.78, 5) is 15.0. The number of nitrogens with zero attached hydrogens (tertiary/aromatic N) is 1. The van der Waals surface area contributed by atoms with Crippen LogP contribution in [0.25, 0.3) is 0 Å². The molecule has 4 nitrogen and oxygen atoms in total. The van der Waals surface area contributed by atoms with Crippen LogP contribution in [-0.4, -0.2) is 26.8 Å². The van der Waals surface area contributed by atoms with Crippen molar-refractivity contribution >= 4 is 17.7 Å². The Hall–Kier alpha value is -1.07. The van der Waals surface area contributed by atoms with Crippen molar-refractivity contribution in [2.24, 2.45) is 5.73 Å². The van der Waals surface area contributed by atoms with E-state index in [2.05, 4.69) is 4.98 Å². The molecule has 3 N–H and O–H groups in total. The summed E-state index contributed by atoms with van der Waals surface area (Å²) in [6.07, 6.45) is 3.59. The minimum absolute atomic E-state index is 0.504. The van der Waals surface area contributed by atoms with Gasteiger partial charge < -0.3 is 10.8 Å². The molecular weight excluding hydrogens is 236 g/mol. The fourth-order valence-electron chi connectivity index (χ4n) is 1.35. The van der Waals surface area contributed by atoms with E-state index >= 15 is 0 Å². The van der Waals surface area contributed by atoms with Gasteiger partial charge in [-0.3, -0.25) is 9.78 Å². The largest absolute Gasteiger partial charge is 0.480 e. The molecule has 0 amide bonds. The average molecular weight is 254 g/mol. The number of hydrogen-bond donors (Lipinski definition) is 2. The summed E-state index contributed by atoms with van der Waals surface area (Å²) in [6, 6.07) is 1.17. The minimum Gasteiger partial charge on any atom is -0.480 e. The molecule has 1 heterocycles. The van der Waals surface area contributed by atoms with E-state index in [0.29, 0.717) is 5.75 Å². The number of carboxylic acid groups (broad SMARTS) is 1. The van der Waals surface area contributed by atoms with Crippen molar-refractivity contribution in [1.82, 2.24) is 4.98 Å². The Morgan fingerprint density at radius 3 is 2.76 bits per heavy atom. The van der Waals surface area contributed by atoms with Crippen LogP contribution in [0.15, 0.2) is 18.5 Å². The second-order valence-electron chi connectivity index (χ2n) is 4.58. The molecule has 0 radical (unpaired) electrons. The molecule has 0 aliphatic rings. The van der Waals surface area contributed by atoms with E-state index in [1.807, 2.05) is 26.8 Å². The van der Waals surface area contributed by atoms with Gasteiger partial charge >= 0.3 is 5.97 Å². The first-order chi connectivity index (χ1) is 7.83. The van der Waals surface area contributed by atoms with Crippen LogP contribution in [0.2, 0.25) is 0 Å². The SMILES string of the molecule is Cc1cncc(CSC(C)(C)[C@@H](N)C(=O)O)c1. The first-order valence-corrected chi connectivity index (χ1v) is 6.34. The standard InChI is InChI=1S/C12H18N2O2S/c1-8-4-9(6-14-5-8)7-17-12(2,3)10(13)11(15)16/h4-6,10H,7,13H2,1-3H3,(H,15,16)/t10-/m0/s1. The van der Waals surface area contributed by atoms with Gasteiger partial charge in [0.15, 0.2) is 0 Å². The molecule has 94 valence electrons. The summed E-state index contributed by atoms with van der Waals surface area (Å²) in [5.74, 6) is -0.257. The second kappa shape index (κ2) is 5.51. The molecule has 0 saturated heterocycles. The van der Waals surface area contributed by atoms with Crippen molar-refractivity contribution in [3.8, 4) is 0 Å². The minimum atomic E-state index is -0.968. The zero-order chi connectivity index (χ0) is 13.1. The molecule has 5 heteroatoms. The van der Waals surface area contributed by atoms with Gasteiger partial charge in [0.05, 0.1) is 0 Å². The zero-order valence-corrected chi connectivity index (χ0v) is 11.1. The van der Waals surface area contributed by atoms with Crippen LogP contribution in [0.1, 0.15) is 25.0 Å². The summed E-state index contributed by atoms with van der Waals surface area (Å²) < 4.78 is -0.504. The molecule has 1 rings (SSSR count). The molecule has 0 aliphatic heterocycles. The summed E-state index contributed by atoms with van der Waals surface area (Å²) in [6.45, 7) is 5.68. The molecular formula is C12H18N2O2S. The van der Waals surface area contributed by atoms with Gasteiger partial charge in [0, 0.05) is 22.9 Å². The van der Waals surface area contributed by atoms with E-state index in [0.717, 1.165) is 11.1 Å². The van der Waals surface area contributed by atoms with Gasteiger partial charge in [0.25, 0.3) is 0 Å². The van der Waals surface area contributed by atoms with Crippen molar-refractivity contribution in [1.29, 1.82) is 0 Å². The first kappa shape index (κ1) is 14.0. The normalized spacial score (nSPS) is 13.4. The van der Waals surface area contributed by atoms with Gasteiger partial charge in [0.1, 0.15) is 6.04 Å². The Balaban J connectivity index is 2.64. The molecule has 17 heavy (non-hydrogen) atoms. The molecule has 0 spiro atoms. The van der Waals surface area contributed by atoms with Crippen LogP contribution in [0, 0.1) is 6.92 Å². The van der Waals surface area contributed by atoms with Crippen LogP contribution in [-0.2, 0) is 10.5 Å². The van der Waals surface area contributed by atoms with E-state index in [1.165, 1.54) is 11.8 Å². The molecule has 0 saturated carbocycles. The number of pyridine rings is 1. The first-order valence-electron chi connectivity index (χ1n) is 5.36. The number of rotatable bonds is 5. The number of hydrogen-bond acceptors (Lipinski definition) is 4. The van der Waals surface area contributed by atoms with Gasteiger partial charge in [-0.15, -0.1) is 11.8 Å². The third kappa shape index (κ3) is 4.02. The van der Waals surface area contributed by atoms with Crippen molar-refractivity contribution in [2.75, 3.05) is 0 Å². The number of carboxylic acids is 1. The van der Waals surface area contributed by atoms with Crippen LogP contribution < -0.4 is 5.73 Å². The van der Waals surface area contributed by atoms with E-state index in [1.54, 1.807) is 12.4 Å². The van der Waals surface area contributed by atoms with Gasteiger partial charge in [-0.05, 0) is 31.9 Å². The van der Waals surface area contributed by atoms with Crippen molar-refractivity contribution in [3.63, 3.8) is 0 Å². The maximum absolute atomic E-state index is 10.9. The number of aryl methyl sites for hydroxylation is 1. The van der Waals surface area contributed by atoms with Gasteiger partial charge in [0.2, 0.25) is 0 Å². The third-order valence-electron chi connectivity index (χ3n) is 2.56. The van der Waals surface area contributed by atoms with E-state index in [4.69, 9.17) is 10.8 Å². The molecule has 1 atom stereocenters. The Kier molecular flexibility index (Phi) is 4.54. The number of nitrogens with two attached hydrogens (primary N) is 1. The van der Waals surface area contributed by atoms with Gasteiger partial charge in [-0.1, -0.05) is 6.07 Å². The highest BCUT2D eigenvalue weighted by Gasteiger charge is 2.32. The average Bonchev–Trinajstić information content (AvgIpc) is 2.25. The molecule has 0 fully saturated rings. The lowest BCUT2D eigenvalue weighted by Crippen LogP contribution is -2.46. The smallest absolute Gasteiger partial charge is 0.321 e. The Bertz CT molecular complexity index is 407. The Morgan fingerprint density at radius 2 is 2.24 bits per heavy atom. The van der Waals surface area contributed by atoms with Gasteiger partial charge in [-0.2, -0.15) is 0 Å². The molecule has 1 aromatic rings. The van der Waals surface area contributed by atoms with Crippen LogP contribution >= 0.6 is 11.8 Å². The molecule has 0 bridgehead atoms. The quantitative estimate of drug-likeness (QED) is 0.838. The molecule has 0 aliphatic carbocycles. The lowest BCUT2D eigenvalue weighted by molar-refractivity contribution is -0.139. The molecule has 0 aromatic carbocycles. The maximum atomic E-state index is 10.9. The number of thioether (sulfide) groups is 1. The van der Waals surface area contributed by atoms with Crippen LogP contribution in [0.4, 0.5) is 0 Å². The highest BCUT2D eigenvalue weighted by molar-refractivity contribution is 7.99. The number of aliphatic carboxylic acids is 1. The molecule has 1 aromatic heterocycles. The Labute approximate surface area is 106 Å². The van der Waals surface area contributed by atoms with Crippen molar-refractivity contribution < 1.29 is 9.90 Å². The fourth-order valence-corrected chi connectivity index (χ4v) is 2.33. The van der Waals surface area contributed by atoms with Crippen molar-refractivity contribution in [3.05, 3.63) is 29.6 Å². The van der Waals surface area contributed by atoms with Gasteiger partial charge in [-0.25, -0.2) is 0 Å². The maximum Gasteiger partial charge on any atom is 0.321 e. The zero-order valence-electron chi connectivity index (χ0n) is 10.3. The van der Waals surface area contributed by atoms with Crippen LogP contribution in [0.3, 0.4) is 0 Å². The predicted molar refractivity (Wildman–Crippen MR) is 70.0 cm³/mol. The Morgan fingerprint density at radius 1 is 1.59 bits per heavy atom. The predicted octanol–water partition coefficient (Wildman–Crippen LogP) is 1.81. The lowest BCUT2D eigenvalue weighted by atomic mass is 10.1. The van der Waals surface area contributed by atoms with E-state index in [-0.39, 0.29) is 0 Å². The van der Waals surface area contributed by atoms with E-state index < -0.39 is 16.8 Å². The summed E-state index contributed by atoms with van der Waals surface area (Å²) in [5.41, 5.74) is 7.84. The number of carbonyl (C=O) groups is 1.